The molecule has 3 aromatic heterocycles. The molecule has 5 rings (SSSR count). The molecule has 0 spiro atoms. The van der Waals surface area contributed by atoms with Crippen LogP contribution in [0.4, 0.5) is 41.1 Å². The lowest BCUT2D eigenvalue weighted by atomic mass is 10.1. The third-order valence-corrected chi connectivity index (χ3v) is 6.01. The van der Waals surface area contributed by atoms with E-state index in [1.165, 1.54) is 11.0 Å². The maximum Gasteiger partial charge on any atom is 0.416 e. The van der Waals surface area contributed by atoms with Crippen LogP contribution in [0.2, 0.25) is 0 Å². The molecule has 0 aromatic carbocycles. The lowest BCUT2D eigenvalue weighted by Crippen LogP contribution is -2.48. The van der Waals surface area contributed by atoms with E-state index in [2.05, 4.69) is 25.2 Å². The fraction of sp³-hybridized carbons (Fsp3) is 0.273. The van der Waals surface area contributed by atoms with Gasteiger partial charge in [-0.05, 0) is 36.8 Å². The third-order valence-electron chi connectivity index (χ3n) is 6.01. The summed E-state index contributed by atoms with van der Waals surface area (Å²) in [5, 5.41) is 12.1. The van der Waals surface area contributed by atoms with Crippen molar-refractivity contribution in [3.63, 3.8) is 0 Å². The number of nitrogens with two attached hydrogens (primary N) is 1. The summed E-state index contributed by atoms with van der Waals surface area (Å²) in [5.74, 6) is 0.941. The number of nitrogen functional groups attached to an aromatic ring is 1. The van der Waals surface area contributed by atoms with Gasteiger partial charge in [-0.2, -0.15) is 13.2 Å². The Morgan fingerprint density at radius 2 is 1.85 bits per heavy atom. The molecule has 12 heteroatoms. The summed E-state index contributed by atoms with van der Waals surface area (Å²) < 4.78 is 39.0. The fourth-order valence-electron chi connectivity index (χ4n) is 4.49. The van der Waals surface area contributed by atoms with E-state index < -0.39 is 17.8 Å². The monoisotopic (exact) mass is 471 g/mol. The largest absolute Gasteiger partial charge is 0.465 e. The number of rotatable bonds is 4. The van der Waals surface area contributed by atoms with Gasteiger partial charge in [-0.15, -0.1) is 0 Å². The highest BCUT2D eigenvalue weighted by molar-refractivity contribution is 5.71. The molecule has 2 saturated heterocycles. The maximum absolute atomic E-state index is 13.0. The van der Waals surface area contributed by atoms with Gasteiger partial charge in [0, 0.05) is 42.8 Å². The molecule has 2 bridgehead atoms. The van der Waals surface area contributed by atoms with E-state index in [0.717, 1.165) is 30.3 Å². The third kappa shape index (κ3) is 4.14. The van der Waals surface area contributed by atoms with Crippen molar-refractivity contribution in [2.45, 2.75) is 24.7 Å². The SMILES string of the molecule is Nc1cc(Nc2cc(C(F)(F)F)ccn2)nc(-c2ccnc(N3CC4CC3CN4C(=O)O)c2)c1. The molecule has 0 radical (unpaired) electrons. The van der Waals surface area contributed by atoms with Crippen molar-refractivity contribution in [2.75, 3.05) is 29.0 Å². The summed E-state index contributed by atoms with van der Waals surface area (Å²) in [4.78, 5) is 27.8. The fourth-order valence-corrected chi connectivity index (χ4v) is 4.49. The zero-order chi connectivity index (χ0) is 24.0. The molecular formula is C22H20F3N7O2. The van der Waals surface area contributed by atoms with Gasteiger partial charge in [0.2, 0.25) is 0 Å². The van der Waals surface area contributed by atoms with Crippen LogP contribution in [0.5, 0.6) is 0 Å². The number of anilines is 4. The number of carbonyl (C=O) groups is 1. The first-order chi connectivity index (χ1) is 16.2. The van der Waals surface area contributed by atoms with Gasteiger partial charge in [0.1, 0.15) is 17.5 Å². The van der Waals surface area contributed by atoms with Gasteiger partial charge in [-0.25, -0.2) is 19.7 Å². The van der Waals surface area contributed by atoms with E-state index in [1.54, 1.807) is 18.3 Å². The van der Waals surface area contributed by atoms with Crippen molar-refractivity contribution in [3.8, 4) is 11.3 Å². The number of amides is 1. The quantitative estimate of drug-likeness (QED) is 0.525. The van der Waals surface area contributed by atoms with Crippen LogP contribution in [-0.4, -0.2) is 56.2 Å². The smallest absolute Gasteiger partial charge is 0.416 e. The molecule has 34 heavy (non-hydrogen) atoms. The van der Waals surface area contributed by atoms with Crippen molar-refractivity contribution in [2.24, 2.45) is 0 Å². The molecule has 0 aliphatic carbocycles. The van der Waals surface area contributed by atoms with Crippen molar-refractivity contribution >= 4 is 29.2 Å². The Labute approximate surface area is 192 Å². The second kappa shape index (κ2) is 8.04. The van der Waals surface area contributed by atoms with Crippen molar-refractivity contribution in [1.82, 2.24) is 19.9 Å². The zero-order valence-electron chi connectivity index (χ0n) is 17.7. The molecule has 5 heterocycles. The molecule has 2 atom stereocenters. The number of pyridine rings is 3. The van der Waals surface area contributed by atoms with E-state index in [1.807, 2.05) is 6.07 Å². The van der Waals surface area contributed by atoms with E-state index >= 15 is 0 Å². The number of hydrogen-bond acceptors (Lipinski definition) is 7. The predicted octanol–water partition coefficient (Wildman–Crippen LogP) is 3.82. The normalized spacial score (nSPS) is 19.5. The number of nitrogens with one attached hydrogen (secondary N) is 1. The molecule has 2 aliphatic rings. The first-order valence-corrected chi connectivity index (χ1v) is 10.5. The highest BCUT2D eigenvalue weighted by atomic mass is 19.4. The van der Waals surface area contributed by atoms with Crippen LogP contribution >= 0.6 is 0 Å². The van der Waals surface area contributed by atoms with Gasteiger partial charge in [0.15, 0.2) is 0 Å². The minimum absolute atomic E-state index is 0.00892. The Balaban J connectivity index is 1.39. The topological polar surface area (TPSA) is 120 Å². The summed E-state index contributed by atoms with van der Waals surface area (Å²) in [7, 11) is 0. The van der Waals surface area contributed by atoms with Crippen LogP contribution in [-0.2, 0) is 6.18 Å². The van der Waals surface area contributed by atoms with Crippen LogP contribution in [0.15, 0.2) is 48.8 Å². The molecule has 1 amide bonds. The van der Waals surface area contributed by atoms with Gasteiger partial charge in [-0.3, -0.25) is 0 Å². The molecular weight excluding hydrogens is 451 g/mol. The number of likely N-dealkylation sites (tertiary alicyclic amines) is 1. The van der Waals surface area contributed by atoms with Crippen LogP contribution in [0.1, 0.15) is 12.0 Å². The molecule has 176 valence electrons. The van der Waals surface area contributed by atoms with E-state index in [4.69, 9.17) is 5.73 Å². The number of piperazine rings is 1. The molecule has 2 unspecified atom stereocenters. The molecule has 0 saturated carbocycles. The van der Waals surface area contributed by atoms with Crippen LogP contribution in [0.3, 0.4) is 0 Å². The number of aromatic nitrogens is 3. The van der Waals surface area contributed by atoms with E-state index in [-0.39, 0.29) is 23.7 Å². The van der Waals surface area contributed by atoms with Crippen molar-refractivity contribution < 1.29 is 23.1 Å². The van der Waals surface area contributed by atoms with Crippen molar-refractivity contribution in [3.05, 3.63) is 54.4 Å². The first-order valence-electron chi connectivity index (χ1n) is 10.5. The van der Waals surface area contributed by atoms with Gasteiger partial charge in [0.05, 0.1) is 23.3 Å². The van der Waals surface area contributed by atoms with Crippen LogP contribution < -0.4 is 16.0 Å². The number of nitrogens with zero attached hydrogens (tertiary/aromatic N) is 5. The molecule has 2 aliphatic heterocycles. The summed E-state index contributed by atoms with van der Waals surface area (Å²) in [6, 6.07) is 8.56. The van der Waals surface area contributed by atoms with Gasteiger partial charge >= 0.3 is 12.3 Å². The lowest BCUT2D eigenvalue weighted by molar-refractivity contribution is -0.137. The Kier molecular flexibility index (Phi) is 5.14. The molecule has 4 N–H and O–H groups in total. The summed E-state index contributed by atoms with van der Waals surface area (Å²) in [6.45, 7) is 0.992. The number of halogens is 3. The average molecular weight is 471 g/mol. The molecule has 9 nitrogen and oxygen atoms in total. The van der Waals surface area contributed by atoms with Crippen molar-refractivity contribution in [1.29, 1.82) is 0 Å². The molecule has 2 fully saturated rings. The Bertz CT molecular complexity index is 1250. The second-order valence-electron chi connectivity index (χ2n) is 8.26. The Hall–Kier alpha value is -4.09. The number of alkyl halides is 3. The average Bonchev–Trinajstić information content (AvgIpc) is 3.40. The standard InChI is InChI=1S/C22H20F3N7O2/c23-22(24,25)13-2-4-27-18(6-13)30-19-8-14(26)7-17(29-19)12-1-3-28-20(5-12)31-10-16-9-15(31)11-32(16)21(33)34/h1-8,15-16H,9-11H2,(H,33,34)(H3,26,27,29,30). The predicted molar refractivity (Wildman–Crippen MR) is 119 cm³/mol. The Morgan fingerprint density at radius 1 is 1.06 bits per heavy atom. The lowest BCUT2D eigenvalue weighted by Gasteiger charge is -2.33. The number of fused-ring (bicyclic) bond motifs is 2. The maximum atomic E-state index is 13.0. The summed E-state index contributed by atoms with van der Waals surface area (Å²) in [6.07, 6.45) is -1.93. The summed E-state index contributed by atoms with van der Waals surface area (Å²) >= 11 is 0. The molecule has 3 aromatic rings. The highest BCUT2D eigenvalue weighted by Crippen LogP contribution is 2.35. The second-order valence-corrected chi connectivity index (χ2v) is 8.26. The van der Waals surface area contributed by atoms with Crippen LogP contribution in [0, 0.1) is 0 Å². The first kappa shape index (κ1) is 21.7. The zero-order valence-corrected chi connectivity index (χ0v) is 17.7. The van der Waals surface area contributed by atoms with E-state index in [9.17, 15) is 23.1 Å². The highest BCUT2D eigenvalue weighted by Gasteiger charge is 2.45. The number of carboxylic acid groups (broad SMARTS) is 1. The summed E-state index contributed by atoms with van der Waals surface area (Å²) in [5.41, 5.74) is 6.81. The Morgan fingerprint density at radius 3 is 2.56 bits per heavy atom. The van der Waals surface area contributed by atoms with Gasteiger partial charge < -0.3 is 26.0 Å². The van der Waals surface area contributed by atoms with Gasteiger partial charge in [-0.1, -0.05) is 0 Å². The van der Waals surface area contributed by atoms with E-state index in [0.29, 0.717) is 30.3 Å². The minimum Gasteiger partial charge on any atom is -0.465 e. The van der Waals surface area contributed by atoms with Gasteiger partial charge in [0.25, 0.3) is 0 Å². The minimum atomic E-state index is -4.49. The van der Waals surface area contributed by atoms with Crippen LogP contribution in [0.25, 0.3) is 11.3 Å². The number of hydrogen-bond donors (Lipinski definition) is 3.